The van der Waals surface area contributed by atoms with Gasteiger partial charge >= 0.3 is 0 Å². The van der Waals surface area contributed by atoms with E-state index in [1.165, 1.54) is 5.38 Å². The third kappa shape index (κ3) is 1.31. The number of aromatic nitrogens is 1. The zero-order valence-electron chi connectivity index (χ0n) is 4.76. The van der Waals surface area contributed by atoms with Crippen molar-refractivity contribution in [3.05, 3.63) is 20.8 Å². The van der Waals surface area contributed by atoms with Gasteiger partial charge in [-0.2, -0.15) is 0 Å². The number of carbonyl (C=O) groups is 1. The fraction of sp³-hybridized carbons (Fsp3) is 0. The highest BCUT2D eigenvalue weighted by Gasteiger charge is 1.95. The summed E-state index contributed by atoms with van der Waals surface area (Å²) in [7, 11) is 0. The van der Waals surface area contributed by atoms with E-state index in [0.717, 1.165) is 11.3 Å². The second kappa shape index (κ2) is 2.95. The minimum atomic E-state index is 0.245. The molecule has 0 aliphatic carbocycles. The zero-order chi connectivity index (χ0) is 7.40. The molecule has 1 rings (SSSR count). The highest BCUT2D eigenvalue weighted by atomic mass is 32.1. The maximum absolute atomic E-state index is 10.0. The Hall–Kier alpha value is -1.39. The first-order valence-corrected chi connectivity index (χ1v) is 3.20. The van der Waals surface area contributed by atoms with Crippen molar-refractivity contribution in [2.24, 2.45) is 5.11 Å². The lowest BCUT2D eigenvalue weighted by Gasteiger charge is -1.72. The Labute approximate surface area is 60.0 Å². The van der Waals surface area contributed by atoms with Crippen molar-refractivity contribution >= 4 is 23.4 Å². The number of hydrogen-bond acceptors (Lipinski definition) is 4. The molecule has 1 heterocycles. The standard InChI is InChI=1S/C4H2N4OS/c5-8-7-3-2-10-4(1-9)6-3/h1-2H. The molecular weight excluding hydrogens is 152 g/mol. The van der Waals surface area contributed by atoms with Gasteiger partial charge in [0.1, 0.15) is 5.82 Å². The largest absolute Gasteiger partial charge is 0.295 e. The first-order valence-electron chi connectivity index (χ1n) is 2.32. The summed E-state index contributed by atoms with van der Waals surface area (Å²) in [6, 6.07) is 0. The number of rotatable bonds is 2. The van der Waals surface area contributed by atoms with E-state index >= 15 is 0 Å². The van der Waals surface area contributed by atoms with Crippen molar-refractivity contribution in [3.63, 3.8) is 0 Å². The Kier molecular flexibility index (Phi) is 1.99. The molecule has 1 aromatic heterocycles. The Morgan fingerprint density at radius 1 is 1.90 bits per heavy atom. The summed E-state index contributed by atoms with van der Waals surface area (Å²) >= 11 is 1.15. The van der Waals surface area contributed by atoms with Crippen LogP contribution in [0.2, 0.25) is 0 Å². The molecule has 0 fully saturated rings. The molecule has 0 atom stereocenters. The van der Waals surface area contributed by atoms with E-state index in [2.05, 4.69) is 15.0 Å². The van der Waals surface area contributed by atoms with E-state index in [9.17, 15) is 4.79 Å². The van der Waals surface area contributed by atoms with Gasteiger partial charge in [0.25, 0.3) is 0 Å². The summed E-state index contributed by atoms with van der Waals surface area (Å²) < 4.78 is 0. The first kappa shape index (κ1) is 6.73. The molecule has 0 aliphatic rings. The molecular formula is C4H2N4OS. The lowest BCUT2D eigenvalue weighted by Crippen LogP contribution is -1.71. The van der Waals surface area contributed by atoms with Crippen molar-refractivity contribution in [1.29, 1.82) is 0 Å². The van der Waals surface area contributed by atoms with Crippen molar-refractivity contribution in [2.75, 3.05) is 0 Å². The molecule has 6 heteroatoms. The molecule has 0 aromatic carbocycles. The molecule has 0 aliphatic heterocycles. The number of azide groups is 1. The number of aldehydes is 1. The highest BCUT2D eigenvalue weighted by molar-refractivity contribution is 7.11. The van der Waals surface area contributed by atoms with Crippen molar-refractivity contribution < 1.29 is 4.79 Å². The molecule has 0 amide bonds. The first-order chi connectivity index (χ1) is 4.86. The molecule has 5 nitrogen and oxygen atoms in total. The van der Waals surface area contributed by atoms with Crippen LogP contribution in [0.25, 0.3) is 10.4 Å². The quantitative estimate of drug-likeness (QED) is 0.282. The van der Waals surface area contributed by atoms with Gasteiger partial charge in [-0.05, 0) is 10.6 Å². The fourth-order valence-electron chi connectivity index (χ4n) is 0.425. The van der Waals surface area contributed by atoms with E-state index in [-0.39, 0.29) is 5.82 Å². The van der Waals surface area contributed by atoms with Gasteiger partial charge < -0.3 is 0 Å². The molecule has 0 unspecified atom stereocenters. The maximum atomic E-state index is 10.0. The zero-order valence-corrected chi connectivity index (χ0v) is 5.58. The molecule has 50 valence electrons. The van der Waals surface area contributed by atoms with Crippen LogP contribution < -0.4 is 0 Å². The van der Waals surface area contributed by atoms with E-state index < -0.39 is 0 Å². The Bertz CT molecular complexity index is 287. The van der Waals surface area contributed by atoms with Crippen LogP contribution in [0.1, 0.15) is 9.80 Å². The summed E-state index contributed by atoms with van der Waals surface area (Å²) in [5.74, 6) is 0.245. The van der Waals surface area contributed by atoms with Crippen LogP contribution in [0.4, 0.5) is 5.82 Å². The van der Waals surface area contributed by atoms with Gasteiger partial charge in [-0.15, -0.1) is 11.3 Å². The summed E-state index contributed by atoms with van der Waals surface area (Å²) in [4.78, 5) is 16.2. The van der Waals surface area contributed by atoms with Gasteiger partial charge in [0.05, 0.1) is 0 Å². The SMILES string of the molecule is [N-]=[N+]=Nc1csc(C=O)n1. The van der Waals surface area contributed by atoms with Gasteiger partial charge in [0, 0.05) is 10.3 Å². The lowest BCUT2D eigenvalue weighted by molar-refractivity contribution is 0.112. The fourth-order valence-corrected chi connectivity index (χ4v) is 0.952. The molecule has 0 radical (unpaired) electrons. The monoisotopic (exact) mass is 154 g/mol. The number of thiazole rings is 1. The van der Waals surface area contributed by atoms with E-state index in [1.54, 1.807) is 0 Å². The normalized spacial score (nSPS) is 8.40. The molecule has 0 N–H and O–H groups in total. The van der Waals surface area contributed by atoms with E-state index in [1.807, 2.05) is 0 Å². The smallest absolute Gasteiger partial charge is 0.178 e. The second-order valence-electron chi connectivity index (χ2n) is 1.35. The maximum Gasteiger partial charge on any atom is 0.178 e. The molecule has 0 saturated carbocycles. The summed E-state index contributed by atoms with van der Waals surface area (Å²) in [6.45, 7) is 0. The Morgan fingerprint density at radius 3 is 3.20 bits per heavy atom. The van der Waals surface area contributed by atoms with Crippen LogP contribution in [0.15, 0.2) is 10.5 Å². The molecule has 10 heavy (non-hydrogen) atoms. The van der Waals surface area contributed by atoms with Crippen LogP contribution in [0.3, 0.4) is 0 Å². The van der Waals surface area contributed by atoms with Gasteiger partial charge in [0.15, 0.2) is 11.3 Å². The van der Waals surface area contributed by atoms with Crippen molar-refractivity contribution in [1.82, 2.24) is 4.98 Å². The second-order valence-corrected chi connectivity index (χ2v) is 2.24. The van der Waals surface area contributed by atoms with Gasteiger partial charge in [-0.3, -0.25) is 4.79 Å². The lowest BCUT2D eigenvalue weighted by atomic mass is 10.7. The predicted octanol–water partition coefficient (Wildman–Crippen LogP) is 1.90. The topological polar surface area (TPSA) is 78.7 Å². The molecule has 0 spiro atoms. The van der Waals surface area contributed by atoms with Crippen LogP contribution in [-0.2, 0) is 0 Å². The summed E-state index contributed by atoms with van der Waals surface area (Å²) in [5.41, 5.74) is 7.94. The predicted molar refractivity (Wildman–Crippen MR) is 36.3 cm³/mol. The summed E-state index contributed by atoms with van der Waals surface area (Å²) in [6.07, 6.45) is 0.612. The minimum Gasteiger partial charge on any atom is -0.295 e. The third-order valence-corrected chi connectivity index (χ3v) is 1.52. The van der Waals surface area contributed by atoms with Crippen LogP contribution in [0, 0.1) is 0 Å². The van der Waals surface area contributed by atoms with E-state index in [0.29, 0.717) is 11.3 Å². The van der Waals surface area contributed by atoms with Gasteiger partial charge in [-0.25, -0.2) is 4.98 Å². The van der Waals surface area contributed by atoms with Gasteiger partial charge in [0.2, 0.25) is 0 Å². The minimum absolute atomic E-state index is 0.245. The average molecular weight is 154 g/mol. The molecule has 0 saturated heterocycles. The molecule has 1 aromatic rings. The average Bonchev–Trinajstić information content (AvgIpc) is 2.37. The number of carbonyl (C=O) groups excluding carboxylic acids is 1. The number of hydrogen-bond donors (Lipinski definition) is 0. The third-order valence-electron chi connectivity index (χ3n) is 0.758. The van der Waals surface area contributed by atoms with Crippen LogP contribution in [-0.4, -0.2) is 11.3 Å². The Morgan fingerprint density at radius 2 is 2.70 bits per heavy atom. The van der Waals surface area contributed by atoms with Crippen LogP contribution in [0.5, 0.6) is 0 Å². The van der Waals surface area contributed by atoms with Crippen molar-refractivity contribution in [2.45, 2.75) is 0 Å². The number of nitrogens with zero attached hydrogens (tertiary/aromatic N) is 4. The molecule has 0 bridgehead atoms. The Balaban J connectivity index is 2.98. The van der Waals surface area contributed by atoms with E-state index in [4.69, 9.17) is 5.53 Å². The van der Waals surface area contributed by atoms with Gasteiger partial charge in [-0.1, -0.05) is 0 Å². The summed E-state index contributed by atoms with van der Waals surface area (Å²) in [5, 5.41) is 5.04. The van der Waals surface area contributed by atoms with Crippen LogP contribution >= 0.6 is 11.3 Å². The highest BCUT2D eigenvalue weighted by Crippen LogP contribution is 2.14. The van der Waals surface area contributed by atoms with Crippen molar-refractivity contribution in [3.8, 4) is 0 Å².